The monoisotopic (exact) mass is 325 g/mol. The lowest BCUT2D eigenvalue weighted by Gasteiger charge is -2.23. The fourth-order valence-corrected chi connectivity index (χ4v) is 2.24. The summed E-state index contributed by atoms with van der Waals surface area (Å²) >= 11 is -2.31. The molecule has 0 heterocycles. The van der Waals surface area contributed by atoms with Gasteiger partial charge in [-0.2, -0.15) is 13.2 Å². The lowest BCUT2D eigenvalue weighted by molar-refractivity contribution is -0.137. The summed E-state index contributed by atoms with van der Waals surface area (Å²) in [5.41, 5.74) is -2.18. The van der Waals surface area contributed by atoms with Gasteiger partial charge < -0.3 is 14.2 Å². The first kappa shape index (κ1) is 17.4. The second-order valence-electron chi connectivity index (χ2n) is 4.07. The van der Waals surface area contributed by atoms with Gasteiger partial charge in [-0.05, 0) is 19.1 Å². The number of rotatable bonds is 5. The van der Waals surface area contributed by atoms with Crippen molar-refractivity contribution in [3.05, 3.63) is 29.3 Å². The van der Waals surface area contributed by atoms with Crippen LogP contribution in [-0.4, -0.2) is 34.3 Å². The number of hydrogen-bond donors (Lipinski definition) is 1. The number of halogens is 3. The van der Waals surface area contributed by atoms with Crippen LogP contribution in [0.2, 0.25) is 0 Å². The Morgan fingerprint density at radius 3 is 2.52 bits per heavy atom. The van der Waals surface area contributed by atoms with Crippen molar-refractivity contribution in [2.75, 3.05) is 24.4 Å². The van der Waals surface area contributed by atoms with E-state index in [1.165, 1.54) is 20.0 Å². The van der Waals surface area contributed by atoms with Crippen molar-refractivity contribution in [2.24, 2.45) is 0 Å². The quantitative estimate of drug-likeness (QED) is 0.665. The van der Waals surface area contributed by atoms with Crippen molar-refractivity contribution < 1.29 is 31.5 Å². The zero-order valence-electron chi connectivity index (χ0n) is 11.3. The summed E-state index contributed by atoms with van der Waals surface area (Å²) in [5, 5.41) is 0. The SMILES string of the molecule is CCOC(=O)c1cccc(N(C)CS(=O)O)c1C(F)(F)F. The van der Waals surface area contributed by atoms with E-state index in [0.717, 1.165) is 17.0 Å². The van der Waals surface area contributed by atoms with Gasteiger partial charge in [-0.3, -0.25) is 0 Å². The molecule has 1 aromatic carbocycles. The average Bonchev–Trinajstić information content (AvgIpc) is 2.36. The van der Waals surface area contributed by atoms with E-state index >= 15 is 0 Å². The number of carbonyl (C=O) groups is 1. The van der Waals surface area contributed by atoms with Crippen LogP contribution in [0.15, 0.2) is 18.2 Å². The first-order valence-corrected chi connectivity index (χ1v) is 7.12. The molecule has 1 unspecified atom stereocenters. The molecule has 9 heteroatoms. The molecule has 0 aliphatic carbocycles. The van der Waals surface area contributed by atoms with E-state index in [1.807, 2.05) is 0 Å². The van der Waals surface area contributed by atoms with Crippen LogP contribution in [0.4, 0.5) is 18.9 Å². The maximum Gasteiger partial charge on any atom is 0.419 e. The fraction of sp³-hybridized carbons (Fsp3) is 0.417. The summed E-state index contributed by atoms with van der Waals surface area (Å²) in [7, 11) is 1.23. The molecular formula is C12H14F3NO4S. The van der Waals surface area contributed by atoms with Gasteiger partial charge in [-0.15, -0.1) is 0 Å². The van der Waals surface area contributed by atoms with Crippen LogP contribution < -0.4 is 4.90 Å². The molecule has 5 nitrogen and oxygen atoms in total. The molecule has 0 aliphatic rings. The van der Waals surface area contributed by atoms with Gasteiger partial charge in [0.25, 0.3) is 0 Å². The number of benzene rings is 1. The molecule has 21 heavy (non-hydrogen) atoms. The van der Waals surface area contributed by atoms with Crippen LogP contribution in [-0.2, 0) is 22.0 Å². The number of hydrogen-bond acceptors (Lipinski definition) is 4. The van der Waals surface area contributed by atoms with E-state index in [4.69, 9.17) is 4.55 Å². The summed E-state index contributed by atoms with van der Waals surface area (Å²) in [6.45, 7) is 1.42. The van der Waals surface area contributed by atoms with E-state index in [0.29, 0.717) is 0 Å². The average molecular weight is 325 g/mol. The molecular weight excluding hydrogens is 311 g/mol. The number of ether oxygens (including phenoxy) is 1. The highest BCUT2D eigenvalue weighted by Gasteiger charge is 2.39. The molecule has 0 aromatic heterocycles. The molecule has 0 spiro atoms. The van der Waals surface area contributed by atoms with Gasteiger partial charge in [-0.25, -0.2) is 9.00 Å². The highest BCUT2D eigenvalue weighted by atomic mass is 32.2. The normalized spacial score (nSPS) is 12.9. The first-order valence-electron chi connectivity index (χ1n) is 5.84. The summed E-state index contributed by atoms with van der Waals surface area (Å²) in [4.78, 5) is 12.6. The largest absolute Gasteiger partial charge is 0.462 e. The predicted octanol–water partition coefficient (Wildman–Crippen LogP) is 2.50. The molecule has 0 radical (unpaired) electrons. The molecule has 0 amide bonds. The third kappa shape index (κ3) is 4.43. The lowest BCUT2D eigenvalue weighted by Crippen LogP contribution is -2.26. The van der Waals surface area contributed by atoms with Gasteiger partial charge in [0.05, 0.1) is 23.4 Å². The van der Waals surface area contributed by atoms with Gasteiger partial charge in [0, 0.05) is 7.05 Å². The van der Waals surface area contributed by atoms with E-state index in [-0.39, 0.29) is 12.3 Å². The smallest absolute Gasteiger partial charge is 0.419 e. The fourth-order valence-electron chi connectivity index (χ4n) is 1.77. The lowest BCUT2D eigenvalue weighted by atomic mass is 10.0. The van der Waals surface area contributed by atoms with Gasteiger partial charge in [0.1, 0.15) is 5.88 Å². The van der Waals surface area contributed by atoms with Crippen LogP contribution in [0.25, 0.3) is 0 Å². The van der Waals surface area contributed by atoms with Gasteiger partial charge in [0.2, 0.25) is 0 Å². The van der Waals surface area contributed by atoms with Gasteiger partial charge in [-0.1, -0.05) is 6.07 Å². The van der Waals surface area contributed by atoms with Crippen LogP contribution in [0, 0.1) is 0 Å². The zero-order valence-corrected chi connectivity index (χ0v) is 12.1. The minimum absolute atomic E-state index is 0.0587. The summed E-state index contributed by atoms with van der Waals surface area (Å²) in [6.07, 6.45) is -4.80. The predicted molar refractivity (Wildman–Crippen MR) is 71.4 cm³/mol. The third-order valence-corrected chi connectivity index (χ3v) is 3.14. The molecule has 0 saturated heterocycles. The number of anilines is 1. The number of carbonyl (C=O) groups excluding carboxylic acids is 1. The van der Waals surface area contributed by atoms with Crippen molar-refractivity contribution in [3.63, 3.8) is 0 Å². The summed E-state index contributed by atoms with van der Waals surface area (Å²) in [6, 6.07) is 3.39. The van der Waals surface area contributed by atoms with Crippen LogP contribution in [0.3, 0.4) is 0 Å². The Hall–Kier alpha value is -1.61. The maximum atomic E-state index is 13.2. The van der Waals surface area contributed by atoms with Crippen molar-refractivity contribution in [3.8, 4) is 0 Å². The maximum absolute atomic E-state index is 13.2. The highest BCUT2D eigenvalue weighted by Crippen LogP contribution is 2.39. The van der Waals surface area contributed by atoms with E-state index in [1.54, 1.807) is 0 Å². The topological polar surface area (TPSA) is 66.8 Å². The Morgan fingerprint density at radius 1 is 1.43 bits per heavy atom. The Bertz CT molecular complexity index is 548. The number of nitrogens with zero attached hydrogens (tertiary/aromatic N) is 1. The molecule has 1 atom stereocenters. The zero-order chi connectivity index (χ0) is 16.2. The van der Waals surface area contributed by atoms with Crippen molar-refractivity contribution in [1.82, 2.24) is 0 Å². The minimum atomic E-state index is -4.80. The van der Waals surface area contributed by atoms with Gasteiger partial charge in [0.15, 0.2) is 11.1 Å². The Balaban J connectivity index is 3.41. The van der Waals surface area contributed by atoms with Crippen molar-refractivity contribution in [1.29, 1.82) is 0 Å². The van der Waals surface area contributed by atoms with Crippen LogP contribution >= 0.6 is 0 Å². The van der Waals surface area contributed by atoms with Crippen LogP contribution in [0.1, 0.15) is 22.8 Å². The molecule has 0 fully saturated rings. The van der Waals surface area contributed by atoms with Crippen molar-refractivity contribution >= 4 is 22.7 Å². The second kappa shape index (κ2) is 6.90. The second-order valence-corrected chi connectivity index (χ2v) is 4.97. The Labute approximate surface area is 122 Å². The summed E-state index contributed by atoms with van der Waals surface area (Å²) in [5.74, 6) is -1.61. The molecule has 0 bridgehead atoms. The third-order valence-electron chi connectivity index (χ3n) is 2.54. The number of esters is 1. The molecule has 1 N–H and O–H groups in total. The van der Waals surface area contributed by atoms with E-state index in [2.05, 4.69) is 4.74 Å². The molecule has 1 rings (SSSR count). The highest BCUT2D eigenvalue weighted by molar-refractivity contribution is 7.79. The first-order chi connectivity index (χ1) is 9.68. The number of alkyl halides is 3. The van der Waals surface area contributed by atoms with Gasteiger partial charge >= 0.3 is 12.1 Å². The standard InChI is InChI=1S/C12H14F3NO4S/c1-3-20-11(17)8-5-4-6-9(10(8)12(13,14)15)16(2)7-21(18)19/h4-6H,3,7H2,1-2H3,(H,18,19). The molecule has 1 aromatic rings. The van der Waals surface area contributed by atoms with Crippen molar-refractivity contribution in [2.45, 2.75) is 13.1 Å². The molecule has 118 valence electrons. The Morgan fingerprint density at radius 2 is 2.05 bits per heavy atom. The van der Waals surface area contributed by atoms with E-state index < -0.39 is 40.2 Å². The van der Waals surface area contributed by atoms with E-state index in [9.17, 15) is 22.2 Å². The minimum Gasteiger partial charge on any atom is -0.462 e. The molecule has 0 aliphatic heterocycles. The van der Waals surface area contributed by atoms with Crippen LogP contribution in [0.5, 0.6) is 0 Å². The molecule has 0 saturated carbocycles. The Kier molecular flexibility index (Phi) is 5.73. The summed E-state index contributed by atoms with van der Waals surface area (Å²) < 4.78 is 63.9.